The van der Waals surface area contributed by atoms with E-state index in [2.05, 4.69) is 20.2 Å². The first-order valence-corrected chi connectivity index (χ1v) is 9.16. The third kappa shape index (κ3) is 4.50. The Morgan fingerprint density at radius 1 is 1.15 bits per heavy atom. The lowest BCUT2D eigenvalue weighted by atomic mass is 9.96. The highest BCUT2D eigenvalue weighted by atomic mass is 16.5. The largest absolute Gasteiger partial charge is 0.494 e. The quantitative estimate of drug-likeness (QED) is 0.892. The Hall–Kier alpha value is -2.63. The van der Waals surface area contributed by atoms with Gasteiger partial charge in [0.05, 0.1) is 6.61 Å². The Morgan fingerprint density at radius 2 is 1.77 bits per heavy atom. The number of amides is 1. The average Bonchev–Trinajstić information content (AvgIpc) is 2.63. The molecule has 1 aliphatic heterocycles. The van der Waals surface area contributed by atoms with Gasteiger partial charge >= 0.3 is 0 Å². The summed E-state index contributed by atoms with van der Waals surface area (Å²) in [6.45, 7) is 8.14. The molecule has 0 aliphatic carbocycles. The molecule has 6 nitrogen and oxygen atoms in total. The van der Waals surface area contributed by atoms with Crippen molar-refractivity contribution in [2.24, 2.45) is 5.92 Å². The van der Waals surface area contributed by atoms with Crippen LogP contribution >= 0.6 is 0 Å². The monoisotopic (exact) mass is 354 g/mol. The van der Waals surface area contributed by atoms with Crippen LogP contribution < -0.4 is 15.0 Å². The molecule has 0 unspecified atom stereocenters. The predicted octanol–water partition coefficient (Wildman–Crippen LogP) is 3.35. The smallest absolute Gasteiger partial charge is 0.227 e. The lowest BCUT2D eigenvalue weighted by Gasteiger charge is -2.31. The van der Waals surface area contributed by atoms with Gasteiger partial charge < -0.3 is 15.0 Å². The zero-order valence-corrected chi connectivity index (χ0v) is 15.7. The molecule has 1 aliphatic rings. The van der Waals surface area contributed by atoms with Crippen LogP contribution in [0.1, 0.15) is 31.2 Å². The van der Waals surface area contributed by atoms with Gasteiger partial charge in [0, 0.05) is 36.1 Å². The number of rotatable bonds is 5. The Bertz CT molecular complexity index is 733. The third-order valence-corrected chi connectivity index (χ3v) is 4.55. The van der Waals surface area contributed by atoms with Crippen molar-refractivity contribution < 1.29 is 9.53 Å². The molecule has 1 aromatic heterocycles. The van der Waals surface area contributed by atoms with Gasteiger partial charge in [0.1, 0.15) is 5.75 Å². The summed E-state index contributed by atoms with van der Waals surface area (Å²) < 4.78 is 5.42. The van der Waals surface area contributed by atoms with Crippen molar-refractivity contribution >= 4 is 17.5 Å². The zero-order chi connectivity index (χ0) is 18.5. The second-order valence-corrected chi connectivity index (χ2v) is 6.66. The fourth-order valence-corrected chi connectivity index (χ4v) is 3.24. The fourth-order valence-electron chi connectivity index (χ4n) is 3.24. The van der Waals surface area contributed by atoms with Gasteiger partial charge in [0.25, 0.3) is 0 Å². The van der Waals surface area contributed by atoms with Crippen molar-refractivity contribution in [1.29, 1.82) is 0 Å². The maximum Gasteiger partial charge on any atom is 0.227 e. The summed E-state index contributed by atoms with van der Waals surface area (Å²) in [5.41, 5.74) is 2.75. The molecular formula is C20H26N4O2. The van der Waals surface area contributed by atoms with Crippen LogP contribution in [0.3, 0.4) is 0 Å². The van der Waals surface area contributed by atoms with Crippen molar-refractivity contribution in [3.8, 4) is 5.75 Å². The number of anilines is 2. The molecule has 1 amide bonds. The number of aromatic nitrogens is 2. The molecule has 3 rings (SSSR count). The first kappa shape index (κ1) is 18.2. The molecule has 1 fully saturated rings. The number of aryl methyl sites for hydroxylation is 2. The number of piperidine rings is 1. The van der Waals surface area contributed by atoms with Gasteiger partial charge in [-0.05, 0) is 63.9 Å². The molecule has 0 spiro atoms. The number of benzene rings is 1. The molecule has 26 heavy (non-hydrogen) atoms. The van der Waals surface area contributed by atoms with Gasteiger partial charge in [0.2, 0.25) is 11.9 Å². The van der Waals surface area contributed by atoms with Crippen molar-refractivity contribution in [2.75, 3.05) is 29.9 Å². The van der Waals surface area contributed by atoms with Gasteiger partial charge in [-0.3, -0.25) is 4.79 Å². The third-order valence-electron chi connectivity index (χ3n) is 4.55. The molecule has 0 atom stereocenters. The maximum absolute atomic E-state index is 12.5. The SMILES string of the molecule is CCOc1ccc(NC(=O)C2CCN(c3nc(C)cc(C)n3)CC2)cc1. The molecule has 1 N–H and O–H groups in total. The zero-order valence-electron chi connectivity index (χ0n) is 15.7. The van der Waals surface area contributed by atoms with Gasteiger partial charge in [0.15, 0.2) is 0 Å². The molecule has 0 saturated carbocycles. The molecular weight excluding hydrogens is 328 g/mol. The van der Waals surface area contributed by atoms with E-state index in [-0.39, 0.29) is 11.8 Å². The van der Waals surface area contributed by atoms with E-state index in [1.54, 1.807) is 0 Å². The lowest BCUT2D eigenvalue weighted by molar-refractivity contribution is -0.120. The minimum absolute atomic E-state index is 0.0173. The Labute approximate surface area is 154 Å². The second kappa shape index (κ2) is 8.17. The first-order valence-electron chi connectivity index (χ1n) is 9.16. The maximum atomic E-state index is 12.5. The van der Waals surface area contributed by atoms with Gasteiger partial charge in [-0.15, -0.1) is 0 Å². The highest BCUT2D eigenvalue weighted by Gasteiger charge is 2.26. The van der Waals surface area contributed by atoms with Crippen molar-refractivity contribution in [3.05, 3.63) is 41.7 Å². The van der Waals surface area contributed by atoms with Crippen LogP contribution in [0.4, 0.5) is 11.6 Å². The van der Waals surface area contributed by atoms with Crippen LogP contribution in [0.2, 0.25) is 0 Å². The van der Waals surface area contributed by atoms with E-state index in [4.69, 9.17) is 4.74 Å². The minimum Gasteiger partial charge on any atom is -0.494 e. The standard InChI is InChI=1S/C20H26N4O2/c1-4-26-18-7-5-17(6-8-18)23-19(25)16-9-11-24(12-10-16)20-21-14(2)13-15(3)22-20/h5-8,13,16H,4,9-12H2,1-3H3,(H,23,25). The summed E-state index contributed by atoms with van der Waals surface area (Å²) in [6, 6.07) is 9.47. The number of nitrogens with zero attached hydrogens (tertiary/aromatic N) is 3. The molecule has 1 aromatic carbocycles. The van der Waals surface area contributed by atoms with E-state index in [1.165, 1.54) is 0 Å². The van der Waals surface area contributed by atoms with Crippen molar-refractivity contribution in [3.63, 3.8) is 0 Å². The molecule has 0 radical (unpaired) electrons. The number of nitrogens with one attached hydrogen (secondary N) is 1. The second-order valence-electron chi connectivity index (χ2n) is 6.66. The topological polar surface area (TPSA) is 67.3 Å². The molecule has 6 heteroatoms. The molecule has 0 bridgehead atoms. The number of carbonyl (C=O) groups is 1. The minimum atomic E-state index is 0.0173. The summed E-state index contributed by atoms with van der Waals surface area (Å²) in [6.07, 6.45) is 1.61. The normalized spacial score (nSPS) is 15.0. The Kier molecular flexibility index (Phi) is 5.71. The van der Waals surface area contributed by atoms with Crippen LogP contribution in [0.15, 0.2) is 30.3 Å². The Balaban J connectivity index is 1.54. The highest BCUT2D eigenvalue weighted by Crippen LogP contribution is 2.23. The van der Waals surface area contributed by atoms with E-state index in [1.807, 2.05) is 51.1 Å². The van der Waals surface area contributed by atoms with Gasteiger partial charge in [-0.2, -0.15) is 0 Å². The van der Waals surface area contributed by atoms with Crippen LogP contribution in [-0.4, -0.2) is 35.6 Å². The van der Waals surface area contributed by atoms with Crippen LogP contribution in [0.25, 0.3) is 0 Å². The van der Waals surface area contributed by atoms with Crippen LogP contribution in [-0.2, 0) is 4.79 Å². The lowest BCUT2D eigenvalue weighted by Crippen LogP contribution is -2.39. The van der Waals surface area contributed by atoms with E-state index >= 15 is 0 Å². The first-order chi connectivity index (χ1) is 12.5. The summed E-state index contributed by atoms with van der Waals surface area (Å²) in [5, 5.41) is 3.01. The van der Waals surface area contributed by atoms with E-state index < -0.39 is 0 Å². The summed E-state index contributed by atoms with van der Waals surface area (Å²) in [5.74, 6) is 1.68. The highest BCUT2D eigenvalue weighted by molar-refractivity contribution is 5.92. The Morgan fingerprint density at radius 3 is 2.35 bits per heavy atom. The number of hydrogen-bond acceptors (Lipinski definition) is 5. The van der Waals surface area contributed by atoms with Crippen LogP contribution in [0.5, 0.6) is 5.75 Å². The summed E-state index contributed by atoms with van der Waals surface area (Å²) in [7, 11) is 0. The van der Waals surface area contributed by atoms with E-state index in [0.717, 1.165) is 54.7 Å². The van der Waals surface area contributed by atoms with Crippen molar-refractivity contribution in [1.82, 2.24) is 9.97 Å². The number of ether oxygens (including phenoxy) is 1. The molecule has 2 heterocycles. The van der Waals surface area contributed by atoms with E-state index in [0.29, 0.717) is 6.61 Å². The fraction of sp³-hybridized carbons (Fsp3) is 0.450. The van der Waals surface area contributed by atoms with Gasteiger partial charge in [-0.25, -0.2) is 9.97 Å². The molecule has 1 saturated heterocycles. The predicted molar refractivity (Wildman–Crippen MR) is 103 cm³/mol. The van der Waals surface area contributed by atoms with E-state index in [9.17, 15) is 4.79 Å². The average molecular weight is 354 g/mol. The molecule has 138 valence electrons. The number of carbonyl (C=O) groups excluding carboxylic acids is 1. The van der Waals surface area contributed by atoms with Crippen molar-refractivity contribution in [2.45, 2.75) is 33.6 Å². The van der Waals surface area contributed by atoms with Crippen LogP contribution in [0, 0.1) is 19.8 Å². The summed E-state index contributed by atoms with van der Waals surface area (Å²) in [4.78, 5) is 23.7. The van der Waals surface area contributed by atoms with Gasteiger partial charge in [-0.1, -0.05) is 0 Å². The number of hydrogen-bond donors (Lipinski definition) is 1. The summed E-state index contributed by atoms with van der Waals surface area (Å²) >= 11 is 0. The molecule has 2 aromatic rings.